The highest BCUT2D eigenvalue weighted by molar-refractivity contribution is 6.74. The maximum absolute atomic E-state index is 6.91. The van der Waals surface area contributed by atoms with Gasteiger partial charge in [-0.15, -0.1) is 0 Å². The third kappa shape index (κ3) is 12.0. The first-order valence-electron chi connectivity index (χ1n) is 13.2. The Kier molecular flexibility index (Phi) is 18.1. The Hall–Kier alpha value is 0.177. The zero-order valence-corrected chi connectivity index (χ0v) is 22.0. The van der Waals surface area contributed by atoms with Crippen molar-refractivity contribution >= 4 is 8.32 Å². The Bertz CT molecular complexity index is 285. The van der Waals surface area contributed by atoms with Gasteiger partial charge in [-0.2, -0.15) is 0 Å². The van der Waals surface area contributed by atoms with Crippen LogP contribution in [0.5, 0.6) is 0 Å². The topological polar surface area (TPSA) is 9.23 Å². The molecule has 0 aromatic rings. The molecule has 0 aromatic heterocycles. The lowest BCUT2D eigenvalue weighted by Crippen LogP contribution is -2.44. The first kappa shape index (κ1) is 28.2. The Labute approximate surface area is 180 Å². The Morgan fingerprint density at radius 3 is 1.07 bits per heavy atom. The van der Waals surface area contributed by atoms with Crippen LogP contribution in [0.1, 0.15) is 126 Å². The quantitative estimate of drug-likeness (QED) is 0.181. The van der Waals surface area contributed by atoms with Crippen molar-refractivity contribution in [1.82, 2.24) is 0 Å². The van der Waals surface area contributed by atoms with E-state index in [-0.39, 0.29) is 0 Å². The molecule has 170 valence electrons. The van der Waals surface area contributed by atoms with Gasteiger partial charge in [-0.1, -0.05) is 119 Å². The molecule has 0 aliphatic heterocycles. The van der Waals surface area contributed by atoms with Crippen molar-refractivity contribution in [3.8, 4) is 0 Å². The zero-order valence-electron chi connectivity index (χ0n) is 21.0. The molecule has 2 heteroatoms. The fourth-order valence-corrected chi connectivity index (χ4v) is 11.2. The summed E-state index contributed by atoms with van der Waals surface area (Å²) in [7, 11) is -1.70. The van der Waals surface area contributed by atoms with Gasteiger partial charge in [-0.25, -0.2) is 0 Å². The zero-order chi connectivity index (χ0) is 21.3. The van der Waals surface area contributed by atoms with Gasteiger partial charge in [-0.3, -0.25) is 0 Å². The van der Waals surface area contributed by atoms with E-state index in [9.17, 15) is 0 Å². The molecule has 3 atom stereocenters. The van der Waals surface area contributed by atoms with E-state index in [1.165, 1.54) is 95.2 Å². The van der Waals surface area contributed by atoms with Crippen LogP contribution >= 0.6 is 0 Å². The molecule has 28 heavy (non-hydrogen) atoms. The maximum atomic E-state index is 6.91. The fraction of sp³-hybridized carbons (Fsp3) is 1.00. The molecule has 1 nitrogen and oxygen atoms in total. The van der Waals surface area contributed by atoms with E-state index in [2.05, 4.69) is 48.5 Å². The van der Waals surface area contributed by atoms with Crippen LogP contribution in [0.25, 0.3) is 0 Å². The summed E-state index contributed by atoms with van der Waals surface area (Å²) in [6.45, 7) is 17.5. The highest BCUT2D eigenvalue weighted by Crippen LogP contribution is 2.39. The van der Waals surface area contributed by atoms with Crippen LogP contribution in [0.15, 0.2) is 0 Å². The highest BCUT2D eigenvalue weighted by Gasteiger charge is 2.40. The molecule has 3 unspecified atom stereocenters. The van der Waals surface area contributed by atoms with E-state index < -0.39 is 8.32 Å². The molecule has 0 heterocycles. The smallest absolute Gasteiger partial charge is 0.193 e. The molecule has 0 fully saturated rings. The first-order valence-corrected chi connectivity index (χ1v) is 15.7. The Morgan fingerprint density at radius 1 is 0.536 bits per heavy atom. The monoisotopic (exact) mass is 412 g/mol. The van der Waals surface area contributed by atoms with Gasteiger partial charge in [0.05, 0.1) is 0 Å². The second-order valence-electron chi connectivity index (χ2n) is 9.48. The third-order valence-electron chi connectivity index (χ3n) is 7.06. The van der Waals surface area contributed by atoms with Gasteiger partial charge >= 0.3 is 0 Å². The first-order chi connectivity index (χ1) is 13.5. The summed E-state index contributed by atoms with van der Waals surface area (Å²) < 4.78 is 6.91. The van der Waals surface area contributed by atoms with Crippen LogP contribution in [0.3, 0.4) is 0 Å². The van der Waals surface area contributed by atoms with Crippen molar-refractivity contribution in [1.29, 1.82) is 0 Å². The van der Waals surface area contributed by atoms with Crippen molar-refractivity contribution in [2.45, 2.75) is 144 Å². The SMILES string of the molecule is CCCCC(CC)C[Si](CC(CC)CCCC)(CC(CC)CCCC)OCC. The summed E-state index contributed by atoms with van der Waals surface area (Å²) in [5.74, 6) is 2.68. The summed E-state index contributed by atoms with van der Waals surface area (Å²) in [4.78, 5) is 0. The third-order valence-corrected chi connectivity index (χ3v) is 11.9. The lowest BCUT2D eigenvalue weighted by atomic mass is 10.0. The summed E-state index contributed by atoms with van der Waals surface area (Å²) in [6, 6.07) is 4.30. The largest absolute Gasteiger partial charge is 0.417 e. The predicted molar refractivity (Wildman–Crippen MR) is 132 cm³/mol. The summed E-state index contributed by atoms with van der Waals surface area (Å²) in [5, 5.41) is 0. The molecular formula is C26H56OSi. The van der Waals surface area contributed by atoms with Crippen LogP contribution in [0.4, 0.5) is 0 Å². The van der Waals surface area contributed by atoms with Crippen LogP contribution < -0.4 is 0 Å². The van der Waals surface area contributed by atoms with Crippen molar-refractivity contribution in [2.75, 3.05) is 6.61 Å². The average Bonchev–Trinajstić information content (AvgIpc) is 2.71. The normalized spacial score (nSPS) is 17.2. The van der Waals surface area contributed by atoms with Gasteiger partial charge < -0.3 is 4.43 Å². The number of unbranched alkanes of at least 4 members (excludes halogenated alkanes) is 3. The van der Waals surface area contributed by atoms with Crippen LogP contribution in [0.2, 0.25) is 18.1 Å². The standard InChI is InChI=1S/C26H56OSi/c1-8-15-18-24(11-4)21-28(27-14-7,22-25(12-5)19-16-9-2)23-26(13-6)20-17-10-3/h24-26H,8-23H2,1-7H3. The molecule has 0 spiro atoms. The van der Waals surface area contributed by atoms with Crippen LogP contribution in [-0.2, 0) is 4.43 Å². The fourth-order valence-electron chi connectivity index (χ4n) is 5.14. The molecule has 0 rings (SSSR count). The van der Waals surface area contributed by atoms with Gasteiger partial charge in [0.2, 0.25) is 0 Å². The maximum Gasteiger partial charge on any atom is 0.193 e. The van der Waals surface area contributed by atoms with Crippen molar-refractivity contribution in [3.05, 3.63) is 0 Å². The highest BCUT2D eigenvalue weighted by atomic mass is 28.4. The molecule has 0 aromatic carbocycles. The van der Waals surface area contributed by atoms with E-state index in [0.29, 0.717) is 0 Å². The molecule has 0 aliphatic carbocycles. The molecule has 0 saturated heterocycles. The van der Waals surface area contributed by atoms with E-state index in [0.717, 1.165) is 24.4 Å². The second kappa shape index (κ2) is 18.0. The van der Waals surface area contributed by atoms with Crippen molar-refractivity contribution in [2.24, 2.45) is 17.8 Å². The molecule has 0 saturated carbocycles. The Balaban J connectivity index is 5.52. The number of hydrogen-bond acceptors (Lipinski definition) is 1. The van der Waals surface area contributed by atoms with E-state index in [1.54, 1.807) is 0 Å². The van der Waals surface area contributed by atoms with Gasteiger partial charge in [0.1, 0.15) is 0 Å². The van der Waals surface area contributed by atoms with E-state index in [1.807, 2.05) is 0 Å². The molecule has 0 N–H and O–H groups in total. The van der Waals surface area contributed by atoms with Crippen molar-refractivity contribution < 1.29 is 4.43 Å². The molecular weight excluding hydrogens is 356 g/mol. The molecule has 0 amide bonds. The number of rotatable bonds is 20. The summed E-state index contributed by atoms with van der Waals surface area (Å²) >= 11 is 0. The molecule has 0 bridgehead atoms. The lowest BCUT2D eigenvalue weighted by molar-refractivity contribution is 0.286. The molecule has 0 radical (unpaired) electrons. The predicted octanol–water partition coefficient (Wildman–Crippen LogP) is 9.62. The minimum absolute atomic E-state index is 0.894. The average molecular weight is 413 g/mol. The summed E-state index contributed by atoms with van der Waals surface area (Å²) in [6.07, 6.45) is 16.5. The molecule has 0 aliphatic rings. The minimum atomic E-state index is -1.70. The van der Waals surface area contributed by atoms with E-state index >= 15 is 0 Å². The Morgan fingerprint density at radius 2 is 0.857 bits per heavy atom. The van der Waals surface area contributed by atoms with E-state index in [4.69, 9.17) is 4.43 Å². The van der Waals surface area contributed by atoms with Crippen LogP contribution in [0, 0.1) is 17.8 Å². The van der Waals surface area contributed by atoms with Gasteiger partial charge in [0, 0.05) is 6.61 Å². The van der Waals surface area contributed by atoms with Gasteiger partial charge in [0.25, 0.3) is 0 Å². The van der Waals surface area contributed by atoms with Crippen molar-refractivity contribution in [3.63, 3.8) is 0 Å². The van der Waals surface area contributed by atoms with Crippen LogP contribution in [-0.4, -0.2) is 14.9 Å². The van der Waals surface area contributed by atoms with Gasteiger partial charge in [0.15, 0.2) is 8.32 Å². The lowest BCUT2D eigenvalue weighted by Gasteiger charge is -2.39. The second-order valence-corrected chi connectivity index (χ2v) is 13.4. The summed E-state index contributed by atoms with van der Waals surface area (Å²) in [5.41, 5.74) is 0. The van der Waals surface area contributed by atoms with Gasteiger partial charge in [-0.05, 0) is 42.8 Å². The number of hydrogen-bond donors (Lipinski definition) is 0. The minimum Gasteiger partial charge on any atom is -0.417 e.